The van der Waals surface area contributed by atoms with Crippen molar-refractivity contribution in [1.29, 1.82) is 0 Å². The third-order valence-electron chi connectivity index (χ3n) is 1.96. The van der Waals surface area contributed by atoms with Gasteiger partial charge in [0.05, 0.1) is 0 Å². The Labute approximate surface area is 92.3 Å². The lowest BCUT2D eigenvalue weighted by Crippen LogP contribution is -2.24. The van der Waals surface area contributed by atoms with E-state index in [0.29, 0.717) is 0 Å². The number of hydrazine groups is 1. The van der Waals surface area contributed by atoms with Gasteiger partial charge in [-0.15, -0.1) is 10.2 Å². The molecule has 4 nitrogen and oxygen atoms in total. The lowest BCUT2D eigenvalue weighted by atomic mass is 10.2. The van der Waals surface area contributed by atoms with Crippen LogP contribution in [0.4, 0.5) is 5.13 Å². The smallest absolute Gasteiger partial charge is 0.222 e. The van der Waals surface area contributed by atoms with Gasteiger partial charge in [0.1, 0.15) is 5.01 Å². The Balaban J connectivity index is 2.12. The molecule has 2 N–H and O–H groups in total. The number of aromatic nitrogens is 2. The summed E-state index contributed by atoms with van der Waals surface area (Å²) in [5.41, 5.74) is 1.24. The number of hydrogen-bond donors (Lipinski definition) is 1. The molecule has 0 aliphatic carbocycles. The van der Waals surface area contributed by atoms with Crippen LogP contribution in [0.25, 0.3) is 0 Å². The Morgan fingerprint density at radius 1 is 1.27 bits per heavy atom. The predicted octanol–water partition coefficient (Wildman–Crippen LogP) is 1.44. The van der Waals surface area contributed by atoms with Crippen molar-refractivity contribution in [3.8, 4) is 0 Å². The Bertz CT molecular complexity index is 424. The summed E-state index contributed by atoms with van der Waals surface area (Å²) in [4.78, 5) is 0. The van der Waals surface area contributed by atoms with E-state index in [2.05, 4.69) is 22.3 Å². The first-order chi connectivity index (χ1) is 7.25. The molecule has 0 aliphatic rings. The molecule has 2 rings (SSSR count). The van der Waals surface area contributed by atoms with Gasteiger partial charge < -0.3 is 0 Å². The summed E-state index contributed by atoms with van der Waals surface area (Å²) >= 11 is 1.51. The number of hydrogen-bond acceptors (Lipinski definition) is 5. The quantitative estimate of drug-likeness (QED) is 0.628. The van der Waals surface area contributed by atoms with Crippen LogP contribution in [0.5, 0.6) is 0 Å². The fourth-order valence-corrected chi connectivity index (χ4v) is 1.99. The molecule has 0 spiro atoms. The predicted molar refractivity (Wildman–Crippen MR) is 61.7 cm³/mol. The molecule has 0 bridgehead atoms. The van der Waals surface area contributed by atoms with E-state index < -0.39 is 0 Å². The Morgan fingerprint density at radius 3 is 2.60 bits per heavy atom. The van der Waals surface area contributed by atoms with Crippen LogP contribution in [0, 0.1) is 0 Å². The number of nitrogens with two attached hydrogens (primary N) is 1. The zero-order valence-corrected chi connectivity index (χ0v) is 9.24. The minimum atomic E-state index is 0.737. The van der Waals surface area contributed by atoms with E-state index in [1.165, 1.54) is 21.9 Å². The average molecular weight is 220 g/mol. The van der Waals surface area contributed by atoms with E-state index in [1.807, 2.05) is 18.2 Å². The molecule has 15 heavy (non-hydrogen) atoms. The van der Waals surface area contributed by atoms with Crippen LogP contribution < -0.4 is 10.9 Å². The van der Waals surface area contributed by atoms with Crippen molar-refractivity contribution in [2.45, 2.75) is 6.42 Å². The monoisotopic (exact) mass is 220 g/mol. The summed E-state index contributed by atoms with van der Waals surface area (Å²) in [6, 6.07) is 10.2. The van der Waals surface area contributed by atoms with Crippen LogP contribution in [-0.4, -0.2) is 17.2 Å². The van der Waals surface area contributed by atoms with Gasteiger partial charge in [-0.2, -0.15) is 0 Å². The molecule has 1 aromatic carbocycles. The van der Waals surface area contributed by atoms with Gasteiger partial charge in [0, 0.05) is 13.5 Å². The van der Waals surface area contributed by atoms with Crippen molar-refractivity contribution in [3.05, 3.63) is 40.9 Å². The maximum atomic E-state index is 5.56. The molecule has 0 saturated heterocycles. The first-order valence-electron chi connectivity index (χ1n) is 4.60. The van der Waals surface area contributed by atoms with Crippen LogP contribution in [0.3, 0.4) is 0 Å². The van der Waals surface area contributed by atoms with E-state index in [0.717, 1.165) is 16.6 Å². The van der Waals surface area contributed by atoms with Crippen LogP contribution >= 0.6 is 11.3 Å². The van der Waals surface area contributed by atoms with Crippen LogP contribution in [0.2, 0.25) is 0 Å². The highest BCUT2D eigenvalue weighted by molar-refractivity contribution is 7.15. The molecular formula is C10H12N4S. The van der Waals surface area contributed by atoms with Crippen LogP contribution in [-0.2, 0) is 6.42 Å². The van der Waals surface area contributed by atoms with E-state index in [1.54, 1.807) is 7.05 Å². The first-order valence-corrected chi connectivity index (χ1v) is 5.42. The first kappa shape index (κ1) is 10.1. The van der Waals surface area contributed by atoms with E-state index >= 15 is 0 Å². The summed E-state index contributed by atoms with van der Waals surface area (Å²) in [5.74, 6) is 5.56. The second-order valence-corrected chi connectivity index (χ2v) is 4.29. The molecule has 0 atom stereocenters. The van der Waals surface area contributed by atoms with Gasteiger partial charge in [-0.25, -0.2) is 5.84 Å². The normalized spacial score (nSPS) is 10.3. The number of nitrogens with zero attached hydrogens (tertiary/aromatic N) is 3. The largest absolute Gasteiger partial charge is 0.288 e. The molecule has 0 saturated carbocycles. The highest BCUT2D eigenvalue weighted by Crippen LogP contribution is 2.19. The fourth-order valence-electron chi connectivity index (χ4n) is 1.23. The number of rotatable bonds is 3. The highest BCUT2D eigenvalue weighted by Gasteiger charge is 2.06. The fraction of sp³-hybridized carbons (Fsp3) is 0.200. The van der Waals surface area contributed by atoms with Gasteiger partial charge in [0.25, 0.3) is 0 Å². The standard InChI is InChI=1S/C10H12N4S/c1-14(11)10-13-12-9(15-10)7-8-5-3-2-4-6-8/h2-6H,7,11H2,1H3. The lowest BCUT2D eigenvalue weighted by Gasteiger charge is -2.03. The van der Waals surface area contributed by atoms with Crippen LogP contribution in [0.15, 0.2) is 30.3 Å². The SMILES string of the molecule is CN(N)c1nnc(Cc2ccccc2)s1. The Kier molecular flexibility index (Phi) is 2.94. The van der Waals surface area contributed by atoms with Crippen molar-refractivity contribution < 1.29 is 0 Å². The molecule has 1 heterocycles. The average Bonchev–Trinajstić information content (AvgIpc) is 2.68. The summed E-state index contributed by atoms with van der Waals surface area (Å²) in [5, 5.41) is 11.3. The van der Waals surface area contributed by atoms with Crippen molar-refractivity contribution in [2.24, 2.45) is 5.84 Å². The summed E-state index contributed by atoms with van der Waals surface area (Å²) in [6.45, 7) is 0. The Hall–Kier alpha value is -1.46. The highest BCUT2D eigenvalue weighted by atomic mass is 32.1. The number of anilines is 1. The maximum absolute atomic E-state index is 5.56. The van der Waals surface area contributed by atoms with Crippen molar-refractivity contribution in [3.63, 3.8) is 0 Å². The zero-order chi connectivity index (χ0) is 10.7. The second kappa shape index (κ2) is 4.37. The maximum Gasteiger partial charge on any atom is 0.222 e. The summed E-state index contributed by atoms with van der Waals surface area (Å²) < 4.78 is 0. The zero-order valence-electron chi connectivity index (χ0n) is 8.42. The lowest BCUT2D eigenvalue weighted by molar-refractivity contribution is 0.938. The molecule has 0 radical (unpaired) electrons. The van der Waals surface area contributed by atoms with Crippen molar-refractivity contribution in [2.75, 3.05) is 12.1 Å². The second-order valence-electron chi connectivity index (χ2n) is 3.25. The van der Waals surface area contributed by atoms with Gasteiger partial charge in [0.2, 0.25) is 5.13 Å². The van der Waals surface area contributed by atoms with Gasteiger partial charge in [-0.05, 0) is 5.56 Å². The number of benzene rings is 1. The van der Waals surface area contributed by atoms with Gasteiger partial charge in [-0.1, -0.05) is 41.7 Å². The Morgan fingerprint density at radius 2 is 2.00 bits per heavy atom. The molecule has 0 unspecified atom stereocenters. The minimum absolute atomic E-state index is 0.737. The molecule has 2 aromatic rings. The summed E-state index contributed by atoms with van der Waals surface area (Å²) in [6.07, 6.45) is 0.812. The third kappa shape index (κ3) is 2.51. The van der Waals surface area contributed by atoms with Crippen molar-refractivity contribution >= 4 is 16.5 Å². The molecule has 5 heteroatoms. The van der Waals surface area contributed by atoms with Crippen LogP contribution in [0.1, 0.15) is 10.6 Å². The minimum Gasteiger partial charge on any atom is -0.288 e. The molecule has 0 fully saturated rings. The molecule has 1 aromatic heterocycles. The van der Waals surface area contributed by atoms with Gasteiger partial charge in [0.15, 0.2) is 0 Å². The third-order valence-corrected chi connectivity index (χ3v) is 2.97. The van der Waals surface area contributed by atoms with Gasteiger partial charge >= 0.3 is 0 Å². The van der Waals surface area contributed by atoms with E-state index in [-0.39, 0.29) is 0 Å². The topological polar surface area (TPSA) is 55.0 Å². The van der Waals surface area contributed by atoms with E-state index in [9.17, 15) is 0 Å². The van der Waals surface area contributed by atoms with Gasteiger partial charge in [-0.3, -0.25) is 5.01 Å². The molecule has 0 aliphatic heterocycles. The molecule has 78 valence electrons. The molecule has 0 amide bonds. The molecular weight excluding hydrogens is 208 g/mol. The summed E-state index contributed by atoms with van der Waals surface area (Å²) in [7, 11) is 1.76. The van der Waals surface area contributed by atoms with Crippen molar-refractivity contribution in [1.82, 2.24) is 10.2 Å². The van der Waals surface area contributed by atoms with E-state index in [4.69, 9.17) is 5.84 Å².